The zero-order valence-corrected chi connectivity index (χ0v) is 24.5. The zero-order valence-electron chi connectivity index (χ0n) is 22.7. The molecule has 0 radical (unpaired) electrons. The summed E-state index contributed by atoms with van der Waals surface area (Å²) in [6.07, 6.45) is -0.898. The maximum absolute atomic E-state index is 13.4. The van der Waals surface area contributed by atoms with Crippen molar-refractivity contribution in [1.29, 1.82) is 0 Å². The molecule has 0 spiro atoms. The van der Waals surface area contributed by atoms with Crippen molar-refractivity contribution in [2.75, 3.05) is 0 Å². The Hall–Kier alpha value is -2.54. The average Bonchev–Trinajstić information content (AvgIpc) is 2.89. The third-order valence-corrected chi connectivity index (χ3v) is 14.7. The number of carbonyl (C=O) groups is 1. The maximum atomic E-state index is 13.4. The van der Waals surface area contributed by atoms with Crippen molar-refractivity contribution in [3.63, 3.8) is 0 Å². The van der Waals surface area contributed by atoms with Crippen LogP contribution in [0.4, 0.5) is 0 Å². The molecule has 196 valence electrons. The van der Waals surface area contributed by atoms with Crippen LogP contribution < -0.4 is 9.74 Å². The Morgan fingerprint density at radius 1 is 0.757 bits per heavy atom. The summed E-state index contributed by atoms with van der Waals surface area (Å²) >= 11 is 1.54. The number of hydrogen-bond donors (Lipinski definition) is 1. The molecule has 1 heterocycles. The van der Waals surface area contributed by atoms with Crippen LogP contribution in [0.15, 0.2) is 89.8 Å². The first kappa shape index (κ1) is 27.5. The van der Waals surface area contributed by atoms with Crippen LogP contribution in [-0.2, 0) is 9.53 Å². The van der Waals surface area contributed by atoms with Crippen LogP contribution in [-0.4, -0.2) is 19.5 Å². The first-order chi connectivity index (χ1) is 17.7. The van der Waals surface area contributed by atoms with Gasteiger partial charge >= 0.3 is 0 Å². The highest BCUT2D eigenvalue weighted by Crippen LogP contribution is 2.44. The molecule has 4 nitrogen and oxygen atoms in total. The molecular formula is C31H39NO3SSi. The lowest BCUT2D eigenvalue weighted by atomic mass is 10.0. The number of ether oxygens (including phenoxy) is 1. The Balaban J connectivity index is 1.57. The minimum Gasteiger partial charge on any atom is -0.543 e. The minimum atomic E-state index is -2.04. The van der Waals surface area contributed by atoms with E-state index in [1.54, 1.807) is 0 Å². The molecule has 6 heteroatoms. The molecule has 0 aliphatic carbocycles. The van der Waals surface area contributed by atoms with Crippen LogP contribution in [0.3, 0.4) is 0 Å². The largest absolute Gasteiger partial charge is 0.543 e. The fraction of sp³-hybridized carbons (Fsp3) is 0.387. The van der Waals surface area contributed by atoms with Crippen LogP contribution in [0, 0.1) is 0 Å². The lowest BCUT2D eigenvalue weighted by Gasteiger charge is -2.42. The molecule has 1 saturated heterocycles. The van der Waals surface area contributed by atoms with Crippen LogP contribution in [0.2, 0.25) is 16.6 Å². The quantitative estimate of drug-likeness (QED) is 0.281. The highest BCUT2D eigenvalue weighted by Gasteiger charge is 2.47. The first-order valence-corrected chi connectivity index (χ1v) is 16.3. The van der Waals surface area contributed by atoms with E-state index in [4.69, 9.17) is 9.16 Å². The summed E-state index contributed by atoms with van der Waals surface area (Å²) in [5, 5.41) is 2.72. The number of rotatable bonds is 9. The summed E-state index contributed by atoms with van der Waals surface area (Å²) in [6, 6.07) is 28.1. The zero-order chi connectivity index (χ0) is 26.6. The molecular weight excluding hydrogens is 494 g/mol. The van der Waals surface area contributed by atoms with Gasteiger partial charge in [-0.2, -0.15) is 0 Å². The Labute approximate surface area is 227 Å². The van der Waals surface area contributed by atoms with Crippen molar-refractivity contribution in [1.82, 2.24) is 5.32 Å². The van der Waals surface area contributed by atoms with Gasteiger partial charge in [0.05, 0.1) is 0 Å². The third-order valence-electron chi connectivity index (χ3n) is 7.41. The van der Waals surface area contributed by atoms with E-state index in [1.165, 1.54) is 11.8 Å². The second kappa shape index (κ2) is 11.9. The van der Waals surface area contributed by atoms with E-state index in [1.807, 2.05) is 84.9 Å². The molecule has 1 N–H and O–H groups in total. The van der Waals surface area contributed by atoms with E-state index in [2.05, 4.69) is 46.9 Å². The standard InChI is InChI=1S/C31H39NO3SSi/c1-21(2)37(22(3)4,23(5)6)35-26-19-17-25(18-20-26)31-32-30(33)29(36-27-15-11-8-12-16-27)28(34-31)24-13-9-7-10-14-24/h7-23,28-29,31H,1-6H3,(H,32,33)/t28-,29+,31+/m1/s1. The van der Waals surface area contributed by atoms with Crippen LogP contribution in [0.1, 0.15) is 65.0 Å². The number of nitrogens with one attached hydrogen (secondary N) is 1. The molecule has 3 aromatic rings. The van der Waals surface area contributed by atoms with E-state index in [-0.39, 0.29) is 12.0 Å². The number of benzene rings is 3. The average molecular weight is 534 g/mol. The van der Waals surface area contributed by atoms with E-state index in [0.717, 1.165) is 21.8 Å². The predicted octanol–water partition coefficient (Wildman–Crippen LogP) is 8.29. The Morgan fingerprint density at radius 2 is 1.30 bits per heavy atom. The van der Waals surface area contributed by atoms with Gasteiger partial charge in [0.1, 0.15) is 17.1 Å². The van der Waals surface area contributed by atoms with E-state index in [9.17, 15) is 4.79 Å². The van der Waals surface area contributed by atoms with Crippen molar-refractivity contribution in [3.8, 4) is 5.75 Å². The lowest BCUT2D eigenvalue weighted by molar-refractivity contribution is -0.141. The summed E-state index contributed by atoms with van der Waals surface area (Å²) < 4.78 is 13.4. The lowest BCUT2D eigenvalue weighted by Crippen LogP contribution is -2.50. The monoisotopic (exact) mass is 533 g/mol. The van der Waals surface area contributed by atoms with Gasteiger partial charge in [-0.25, -0.2) is 0 Å². The van der Waals surface area contributed by atoms with Gasteiger partial charge in [-0.05, 0) is 46.5 Å². The molecule has 3 atom stereocenters. The highest BCUT2D eigenvalue weighted by molar-refractivity contribution is 8.00. The maximum Gasteiger partial charge on any atom is 0.258 e. The molecule has 0 unspecified atom stereocenters. The fourth-order valence-electron chi connectivity index (χ4n) is 5.69. The van der Waals surface area contributed by atoms with Gasteiger partial charge in [0.15, 0.2) is 6.23 Å². The van der Waals surface area contributed by atoms with E-state index < -0.39 is 19.8 Å². The van der Waals surface area contributed by atoms with Crippen LogP contribution in [0.25, 0.3) is 0 Å². The van der Waals surface area contributed by atoms with E-state index >= 15 is 0 Å². The molecule has 0 saturated carbocycles. The normalized spacial score (nSPS) is 20.4. The van der Waals surface area contributed by atoms with Crippen molar-refractivity contribution >= 4 is 26.0 Å². The van der Waals surface area contributed by atoms with Gasteiger partial charge in [0.25, 0.3) is 8.32 Å². The van der Waals surface area contributed by atoms with Crippen molar-refractivity contribution in [2.45, 2.75) is 80.6 Å². The number of hydrogen-bond acceptors (Lipinski definition) is 4. The Morgan fingerprint density at radius 3 is 1.84 bits per heavy atom. The summed E-state index contributed by atoms with van der Waals surface area (Å²) in [5.74, 6) is 0.871. The predicted molar refractivity (Wildman–Crippen MR) is 155 cm³/mol. The van der Waals surface area contributed by atoms with Gasteiger partial charge in [-0.3, -0.25) is 4.79 Å². The number of carbonyl (C=O) groups excluding carboxylic acids is 1. The van der Waals surface area contributed by atoms with Crippen molar-refractivity contribution in [2.24, 2.45) is 0 Å². The number of thioether (sulfide) groups is 1. The Kier molecular flexibility index (Phi) is 8.83. The fourth-order valence-corrected chi connectivity index (χ4v) is 12.1. The molecule has 4 rings (SSSR count). The highest BCUT2D eigenvalue weighted by atomic mass is 32.2. The molecule has 1 aliphatic rings. The molecule has 0 bridgehead atoms. The topological polar surface area (TPSA) is 47.6 Å². The summed E-state index contributed by atoms with van der Waals surface area (Å²) in [6.45, 7) is 13.7. The van der Waals surface area contributed by atoms with Gasteiger partial charge in [-0.15, -0.1) is 11.8 Å². The van der Waals surface area contributed by atoms with Gasteiger partial charge in [0.2, 0.25) is 5.91 Å². The SMILES string of the molecule is CC(C)[Si](Oc1ccc([C@H]2NC(=O)[C@@H](Sc3ccccc3)[C@@H](c3ccccc3)O2)cc1)(C(C)C)C(C)C. The Bertz CT molecular complexity index is 1130. The summed E-state index contributed by atoms with van der Waals surface area (Å²) in [5.41, 5.74) is 3.41. The second-order valence-corrected chi connectivity index (χ2v) is 17.3. The summed E-state index contributed by atoms with van der Waals surface area (Å²) in [4.78, 5) is 14.5. The number of amides is 1. The van der Waals surface area contributed by atoms with Crippen LogP contribution >= 0.6 is 11.8 Å². The van der Waals surface area contributed by atoms with Gasteiger partial charge in [-0.1, -0.05) is 102 Å². The minimum absolute atomic E-state index is 0.0230. The first-order valence-electron chi connectivity index (χ1n) is 13.2. The molecule has 1 aliphatic heterocycles. The second-order valence-electron chi connectivity index (χ2n) is 10.7. The van der Waals surface area contributed by atoms with Gasteiger partial charge < -0.3 is 14.5 Å². The molecule has 3 aromatic carbocycles. The van der Waals surface area contributed by atoms with Crippen molar-refractivity contribution in [3.05, 3.63) is 96.1 Å². The smallest absolute Gasteiger partial charge is 0.258 e. The molecule has 37 heavy (non-hydrogen) atoms. The van der Waals surface area contributed by atoms with Gasteiger partial charge in [0, 0.05) is 10.5 Å². The molecule has 1 amide bonds. The van der Waals surface area contributed by atoms with Crippen molar-refractivity contribution < 1.29 is 14.0 Å². The molecule has 0 aromatic heterocycles. The van der Waals surface area contributed by atoms with Crippen LogP contribution in [0.5, 0.6) is 5.75 Å². The summed E-state index contributed by atoms with van der Waals surface area (Å²) in [7, 11) is -2.04. The third kappa shape index (κ3) is 5.97. The molecule has 1 fully saturated rings. The van der Waals surface area contributed by atoms with E-state index in [0.29, 0.717) is 16.6 Å².